The van der Waals surface area contributed by atoms with E-state index in [1.165, 1.54) is 4.31 Å². The fraction of sp³-hybridized carbons (Fsp3) is 0.556. The van der Waals surface area contributed by atoms with Gasteiger partial charge in [-0.2, -0.15) is 4.31 Å². The van der Waals surface area contributed by atoms with Crippen molar-refractivity contribution in [1.29, 1.82) is 0 Å². The molecule has 2 N–H and O–H groups in total. The van der Waals surface area contributed by atoms with Crippen LogP contribution < -0.4 is 15.5 Å². The summed E-state index contributed by atoms with van der Waals surface area (Å²) in [5.41, 5.74) is 2.47. The van der Waals surface area contributed by atoms with Crippen molar-refractivity contribution >= 4 is 27.4 Å². The molecule has 9 heteroatoms. The van der Waals surface area contributed by atoms with Crippen molar-refractivity contribution in [3.63, 3.8) is 0 Å². The standard InChI is InChI=1S/C27H41N5O3S/c1-6-16-32(17-7-2)36(34,35)23-14-12-21(13-15-23)27(33)30-25-11-9-8-10-24(25)29-26-19-22(31(4)5)18-20(3)28-26/h12-15,18-19,24-25H,6-11,16-17H2,1-5H3,(H,28,29)(H,30,33). The van der Waals surface area contributed by atoms with Crippen LogP contribution in [-0.2, 0) is 10.0 Å². The second-order valence-electron chi connectivity index (χ2n) is 9.79. The second-order valence-corrected chi connectivity index (χ2v) is 11.7. The monoisotopic (exact) mass is 515 g/mol. The van der Waals surface area contributed by atoms with Gasteiger partial charge in [0, 0.05) is 62.3 Å². The molecule has 0 saturated heterocycles. The first-order chi connectivity index (χ1) is 17.1. The van der Waals surface area contributed by atoms with E-state index < -0.39 is 10.0 Å². The third kappa shape index (κ3) is 6.97. The van der Waals surface area contributed by atoms with Gasteiger partial charge in [-0.1, -0.05) is 26.7 Å². The molecule has 198 valence electrons. The van der Waals surface area contributed by atoms with Crippen LogP contribution in [0.3, 0.4) is 0 Å². The Bertz CT molecular complexity index is 1110. The predicted molar refractivity (Wildman–Crippen MR) is 146 cm³/mol. The molecule has 36 heavy (non-hydrogen) atoms. The van der Waals surface area contributed by atoms with Gasteiger partial charge < -0.3 is 15.5 Å². The third-order valence-electron chi connectivity index (χ3n) is 6.57. The minimum atomic E-state index is -3.57. The number of aryl methyl sites for hydroxylation is 1. The van der Waals surface area contributed by atoms with Crippen LogP contribution >= 0.6 is 0 Å². The van der Waals surface area contributed by atoms with Crippen molar-refractivity contribution in [3.05, 3.63) is 47.7 Å². The topological polar surface area (TPSA) is 94.6 Å². The quantitative estimate of drug-likeness (QED) is 0.460. The van der Waals surface area contributed by atoms with E-state index in [0.717, 1.165) is 55.7 Å². The summed E-state index contributed by atoms with van der Waals surface area (Å²) in [6.45, 7) is 6.89. The molecule has 2 atom stereocenters. The van der Waals surface area contributed by atoms with Crippen LogP contribution in [0.5, 0.6) is 0 Å². The molecule has 1 saturated carbocycles. The van der Waals surface area contributed by atoms with Crippen LogP contribution in [0.2, 0.25) is 0 Å². The van der Waals surface area contributed by atoms with E-state index in [-0.39, 0.29) is 22.9 Å². The first kappa shape index (κ1) is 27.9. The lowest BCUT2D eigenvalue weighted by Gasteiger charge is -2.33. The first-order valence-corrected chi connectivity index (χ1v) is 14.4. The molecule has 1 aliphatic rings. The molecule has 1 aromatic heterocycles. The number of pyridine rings is 1. The van der Waals surface area contributed by atoms with Crippen LogP contribution in [0, 0.1) is 6.92 Å². The summed E-state index contributed by atoms with van der Waals surface area (Å²) in [4.78, 5) is 20.0. The van der Waals surface area contributed by atoms with Crippen LogP contribution in [0.15, 0.2) is 41.3 Å². The molecule has 3 rings (SSSR count). The minimum Gasteiger partial charge on any atom is -0.377 e. The van der Waals surface area contributed by atoms with E-state index in [1.807, 2.05) is 51.9 Å². The number of nitrogens with zero attached hydrogens (tertiary/aromatic N) is 3. The van der Waals surface area contributed by atoms with Gasteiger partial charge in [-0.05, 0) is 62.9 Å². The largest absolute Gasteiger partial charge is 0.377 e. The summed E-state index contributed by atoms with van der Waals surface area (Å²) in [6.07, 6.45) is 5.48. The van der Waals surface area contributed by atoms with Gasteiger partial charge in [0.05, 0.1) is 4.90 Å². The van der Waals surface area contributed by atoms with Gasteiger partial charge >= 0.3 is 0 Å². The molecule has 8 nitrogen and oxygen atoms in total. The highest BCUT2D eigenvalue weighted by molar-refractivity contribution is 7.89. The van der Waals surface area contributed by atoms with Crippen LogP contribution in [0.25, 0.3) is 0 Å². The van der Waals surface area contributed by atoms with Crippen LogP contribution in [0.1, 0.15) is 68.4 Å². The Morgan fingerprint density at radius 1 is 1.00 bits per heavy atom. The zero-order valence-corrected chi connectivity index (χ0v) is 23.1. The van der Waals surface area contributed by atoms with Gasteiger partial charge in [-0.3, -0.25) is 4.79 Å². The average Bonchev–Trinajstić information content (AvgIpc) is 2.84. The molecule has 0 radical (unpaired) electrons. The van der Waals surface area contributed by atoms with Gasteiger partial charge in [0.15, 0.2) is 0 Å². The molecular formula is C27H41N5O3S. The summed E-state index contributed by atoms with van der Waals surface area (Å²) < 4.78 is 27.6. The second kappa shape index (κ2) is 12.5. The average molecular weight is 516 g/mol. The molecular weight excluding hydrogens is 474 g/mol. The lowest BCUT2D eigenvalue weighted by Crippen LogP contribution is -2.48. The Labute approximate surface area is 216 Å². The highest BCUT2D eigenvalue weighted by atomic mass is 32.2. The number of hydrogen-bond donors (Lipinski definition) is 2. The lowest BCUT2D eigenvalue weighted by atomic mass is 9.90. The summed E-state index contributed by atoms with van der Waals surface area (Å²) in [6, 6.07) is 10.4. The number of carbonyl (C=O) groups excluding carboxylic acids is 1. The third-order valence-corrected chi connectivity index (χ3v) is 8.48. The maximum atomic E-state index is 13.1. The summed E-state index contributed by atoms with van der Waals surface area (Å²) in [5, 5.41) is 6.73. The zero-order chi connectivity index (χ0) is 26.3. The van der Waals surface area contributed by atoms with Crippen molar-refractivity contribution in [2.45, 2.75) is 76.3 Å². The number of nitrogens with one attached hydrogen (secondary N) is 2. The van der Waals surface area contributed by atoms with Gasteiger partial charge in [-0.25, -0.2) is 13.4 Å². The maximum Gasteiger partial charge on any atom is 0.251 e. The summed E-state index contributed by atoms with van der Waals surface area (Å²) in [5.74, 6) is 0.617. The number of sulfonamides is 1. The molecule has 2 unspecified atom stereocenters. The highest BCUT2D eigenvalue weighted by Gasteiger charge is 2.28. The Morgan fingerprint density at radius 2 is 1.61 bits per heavy atom. The Balaban J connectivity index is 1.71. The SMILES string of the molecule is CCCN(CCC)S(=O)(=O)c1ccc(C(=O)NC2CCCCC2Nc2cc(N(C)C)cc(C)n2)cc1. The van der Waals surface area contributed by atoms with Crippen molar-refractivity contribution in [2.24, 2.45) is 0 Å². The Morgan fingerprint density at radius 3 is 2.19 bits per heavy atom. The van der Waals surface area contributed by atoms with E-state index >= 15 is 0 Å². The predicted octanol–water partition coefficient (Wildman–Crippen LogP) is 4.42. The van der Waals surface area contributed by atoms with Crippen molar-refractivity contribution < 1.29 is 13.2 Å². The molecule has 1 amide bonds. The first-order valence-electron chi connectivity index (χ1n) is 13.0. The molecule has 1 fully saturated rings. The minimum absolute atomic E-state index is 0.0376. The molecule has 1 heterocycles. The van der Waals surface area contributed by atoms with Gasteiger partial charge in [0.1, 0.15) is 5.82 Å². The maximum absolute atomic E-state index is 13.1. The van der Waals surface area contributed by atoms with Gasteiger partial charge in [0.25, 0.3) is 5.91 Å². The van der Waals surface area contributed by atoms with Gasteiger partial charge in [0.2, 0.25) is 10.0 Å². The molecule has 0 spiro atoms. The van der Waals surface area contributed by atoms with E-state index in [9.17, 15) is 13.2 Å². The molecule has 1 aromatic carbocycles. The number of amides is 1. The molecule has 2 aromatic rings. The summed E-state index contributed by atoms with van der Waals surface area (Å²) in [7, 11) is 0.437. The molecule has 1 aliphatic carbocycles. The zero-order valence-electron chi connectivity index (χ0n) is 22.3. The Kier molecular flexibility index (Phi) is 9.73. The Hall–Kier alpha value is -2.65. The molecule has 0 bridgehead atoms. The van der Waals surface area contributed by atoms with Gasteiger partial charge in [-0.15, -0.1) is 0 Å². The number of carbonyl (C=O) groups is 1. The van der Waals surface area contributed by atoms with E-state index in [4.69, 9.17) is 0 Å². The van der Waals surface area contributed by atoms with Crippen molar-refractivity contribution in [2.75, 3.05) is 37.4 Å². The van der Waals surface area contributed by atoms with E-state index in [0.29, 0.717) is 18.7 Å². The number of aromatic nitrogens is 1. The summed E-state index contributed by atoms with van der Waals surface area (Å²) >= 11 is 0. The van der Waals surface area contributed by atoms with Crippen molar-refractivity contribution in [3.8, 4) is 0 Å². The molecule has 0 aliphatic heterocycles. The van der Waals surface area contributed by atoms with Crippen LogP contribution in [0.4, 0.5) is 11.5 Å². The number of hydrogen-bond acceptors (Lipinski definition) is 6. The highest BCUT2D eigenvalue weighted by Crippen LogP contribution is 2.25. The fourth-order valence-corrected chi connectivity index (χ4v) is 6.30. The van der Waals surface area contributed by atoms with E-state index in [2.05, 4.69) is 15.6 Å². The van der Waals surface area contributed by atoms with Crippen molar-refractivity contribution in [1.82, 2.24) is 14.6 Å². The van der Waals surface area contributed by atoms with Crippen LogP contribution in [-0.4, -0.2) is 62.9 Å². The number of benzene rings is 1. The number of anilines is 2. The smallest absolute Gasteiger partial charge is 0.251 e. The van der Waals surface area contributed by atoms with E-state index in [1.54, 1.807) is 24.3 Å². The normalized spacial score (nSPS) is 18.2. The number of rotatable bonds is 11. The lowest BCUT2D eigenvalue weighted by molar-refractivity contribution is 0.0923. The fourth-order valence-electron chi connectivity index (χ4n) is 4.68.